The van der Waals surface area contributed by atoms with Crippen molar-refractivity contribution in [1.82, 2.24) is 0 Å². The molecule has 0 aliphatic carbocycles. The second kappa shape index (κ2) is 53.4. The number of phosphoric acid groups is 1. The Hall–Kier alpha value is -2.35. The molecule has 3 aromatic rings. The molecule has 3 rings (SSSR count). The quantitative estimate of drug-likeness (QED) is 0.0241. The van der Waals surface area contributed by atoms with E-state index < -0.39 is 26.1 Å². The molecule has 3 atom stereocenters. The van der Waals surface area contributed by atoms with Gasteiger partial charge in [0, 0.05) is 0 Å². The minimum atomic E-state index is -4.63. The van der Waals surface area contributed by atoms with Crippen LogP contribution < -0.4 is 0 Å². The number of benzene rings is 3. The fraction of sp³-hybridized carbons (Fsp3) is 0.750. The second-order valence-corrected chi connectivity index (χ2v) is 25.2. The van der Waals surface area contributed by atoms with Crippen LogP contribution in [0.4, 0.5) is 0 Å². The van der Waals surface area contributed by atoms with Crippen molar-refractivity contribution in [2.45, 2.75) is 347 Å². The van der Waals surface area contributed by atoms with Crippen molar-refractivity contribution in [2.75, 3.05) is 0 Å². The van der Waals surface area contributed by atoms with E-state index in [4.69, 9.17) is 28.7 Å². The van der Waals surface area contributed by atoms with Crippen molar-refractivity contribution in [3.63, 3.8) is 0 Å². The summed E-state index contributed by atoms with van der Waals surface area (Å²) in [5.41, 5.74) is 2.82. The maximum absolute atomic E-state index is 15.0. The van der Waals surface area contributed by atoms with Gasteiger partial charge >= 0.3 is 7.82 Å². The zero-order valence-electron chi connectivity index (χ0n) is 52.1. The van der Waals surface area contributed by atoms with Gasteiger partial charge in [0.05, 0.1) is 0 Å². The first-order chi connectivity index (χ1) is 39.6. The summed E-state index contributed by atoms with van der Waals surface area (Å²) < 4.78 is 32.8. The molecule has 0 aliphatic heterocycles. The Balaban J connectivity index is 1.59. The fourth-order valence-corrected chi connectivity index (χ4v) is 12.0. The third kappa shape index (κ3) is 40.0. The van der Waals surface area contributed by atoms with Gasteiger partial charge in [-0.3, -0.25) is 0 Å². The SMILES string of the molecule is CCCCCCCCCCCCCCCCCC(OOP(=O)(OOC(CCCCCCCCCCCCCCCCC)c1ccccc1)OOC(CCCCCCCCCCCCCCCCC)c1ccccc1)c1ccccc1. The molecule has 0 saturated carbocycles. The molecular weight excluding hydrogens is 1010 g/mol. The Morgan fingerprint density at radius 2 is 0.412 bits per heavy atom. The van der Waals surface area contributed by atoms with E-state index in [1.54, 1.807) is 0 Å². The van der Waals surface area contributed by atoms with Crippen LogP contribution in [0.1, 0.15) is 364 Å². The Morgan fingerprint density at radius 3 is 0.588 bits per heavy atom. The summed E-state index contributed by atoms with van der Waals surface area (Å²) >= 11 is 0. The highest BCUT2D eigenvalue weighted by Crippen LogP contribution is 2.54. The van der Waals surface area contributed by atoms with Crippen LogP contribution in [-0.2, 0) is 33.3 Å². The van der Waals surface area contributed by atoms with Crippen molar-refractivity contribution >= 4 is 7.82 Å². The first-order valence-corrected chi connectivity index (χ1v) is 35.8. The Morgan fingerprint density at radius 1 is 0.250 bits per heavy atom. The summed E-state index contributed by atoms with van der Waals surface area (Å²) in [5.74, 6) is 0. The van der Waals surface area contributed by atoms with Gasteiger partial charge in [-0.15, -0.1) is 14.0 Å². The monoisotopic (exact) mass is 1130 g/mol. The Kier molecular flexibility index (Phi) is 48.0. The van der Waals surface area contributed by atoms with E-state index in [1.165, 1.54) is 250 Å². The van der Waals surface area contributed by atoms with Gasteiger partial charge in [-0.1, -0.05) is 401 Å². The Labute approximate surface area is 493 Å². The van der Waals surface area contributed by atoms with Crippen molar-refractivity contribution in [2.24, 2.45) is 0 Å². The van der Waals surface area contributed by atoms with Crippen molar-refractivity contribution in [3.05, 3.63) is 108 Å². The molecule has 0 spiro atoms. The van der Waals surface area contributed by atoms with Crippen LogP contribution in [0.15, 0.2) is 91.0 Å². The number of rotatable bonds is 60. The third-order valence-electron chi connectivity index (χ3n) is 16.5. The van der Waals surface area contributed by atoms with Crippen LogP contribution in [0.5, 0.6) is 0 Å². The van der Waals surface area contributed by atoms with Gasteiger partial charge in [0.1, 0.15) is 18.3 Å². The number of hydrogen-bond acceptors (Lipinski definition) is 7. The van der Waals surface area contributed by atoms with Crippen molar-refractivity contribution < 1.29 is 33.3 Å². The fourth-order valence-electron chi connectivity index (χ4n) is 11.3. The minimum absolute atomic E-state index is 0.492. The van der Waals surface area contributed by atoms with Crippen molar-refractivity contribution in [1.29, 1.82) is 0 Å². The molecule has 0 bridgehead atoms. The van der Waals surface area contributed by atoms with E-state index in [-0.39, 0.29) is 0 Å². The number of hydrogen-bond donors (Lipinski definition) is 0. The lowest BCUT2D eigenvalue weighted by atomic mass is 10.0. The lowest BCUT2D eigenvalue weighted by molar-refractivity contribution is -0.357. The van der Waals surface area contributed by atoms with Gasteiger partial charge in [-0.2, -0.15) is 0 Å². The maximum Gasteiger partial charge on any atom is 0.556 e. The molecule has 0 aromatic heterocycles. The van der Waals surface area contributed by atoms with Crippen LogP contribution in [0.3, 0.4) is 0 Å². The van der Waals surface area contributed by atoms with Crippen molar-refractivity contribution in [3.8, 4) is 0 Å². The lowest BCUT2D eigenvalue weighted by Gasteiger charge is -2.24. The zero-order chi connectivity index (χ0) is 56.8. The largest absolute Gasteiger partial charge is 0.556 e. The smallest absolute Gasteiger partial charge is 0.220 e. The zero-order valence-corrected chi connectivity index (χ0v) is 53.0. The highest BCUT2D eigenvalue weighted by atomic mass is 31.2. The molecule has 458 valence electrons. The van der Waals surface area contributed by atoms with Gasteiger partial charge in [0.15, 0.2) is 0 Å². The molecule has 0 N–H and O–H groups in total. The van der Waals surface area contributed by atoms with Gasteiger partial charge in [0.2, 0.25) is 0 Å². The average molecular weight is 1130 g/mol. The summed E-state index contributed by atoms with van der Waals surface area (Å²) in [5, 5.41) is 0. The van der Waals surface area contributed by atoms with Crippen LogP contribution >= 0.6 is 7.82 Å². The lowest BCUT2D eigenvalue weighted by Crippen LogP contribution is -2.12. The first-order valence-electron chi connectivity index (χ1n) is 34.4. The normalized spacial score (nSPS) is 13.6. The molecule has 0 fully saturated rings. The molecule has 80 heavy (non-hydrogen) atoms. The van der Waals surface area contributed by atoms with E-state index in [0.717, 1.165) is 55.2 Å². The van der Waals surface area contributed by atoms with Crippen LogP contribution in [-0.4, -0.2) is 0 Å². The number of unbranched alkanes of at least 4 members (excludes halogenated alkanes) is 42. The highest BCUT2D eigenvalue weighted by molar-refractivity contribution is 7.48. The van der Waals surface area contributed by atoms with Gasteiger partial charge in [-0.05, 0) is 36.0 Å². The molecule has 0 aliphatic rings. The topological polar surface area (TPSA) is 72.5 Å². The van der Waals surface area contributed by atoms with Crippen LogP contribution in [0.25, 0.3) is 0 Å². The molecule has 3 aromatic carbocycles. The highest BCUT2D eigenvalue weighted by Gasteiger charge is 2.37. The first kappa shape index (κ1) is 71.9. The Bertz CT molecular complexity index is 1560. The molecule has 0 amide bonds. The molecule has 7 nitrogen and oxygen atoms in total. The molecular formula is C72H123O7P. The van der Waals surface area contributed by atoms with E-state index in [1.807, 2.05) is 91.0 Å². The van der Waals surface area contributed by atoms with Crippen LogP contribution in [0, 0.1) is 0 Å². The average Bonchev–Trinajstić information content (AvgIpc) is 3.50. The van der Waals surface area contributed by atoms with Gasteiger partial charge in [0.25, 0.3) is 0 Å². The maximum atomic E-state index is 15.0. The molecule has 0 heterocycles. The summed E-state index contributed by atoms with van der Waals surface area (Å²) in [7, 11) is -4.63. The predicted molar refractivity (Wildman–Crippen MR) is 340 cm³/mol. The summed E-state index contributed by atoms with van der Waals surface area (Å²) in [6.45, 7) is 6.87. The molecule has 3 unspecified atom stereocenters. The molecule has 0 saturated heterocycles. The van der Waals surface area contributed by atoms with Gasteiger partial charge in [-0.25, -0.2) is 19.2 Å². The summed E-state index contributed by atoms with van der Waals surface area (Å²) in [6, 6.07) is 30.2. The summed E-state index contributed by atoms with van der Waals surface area (Å²) in [4.78, 5) is 18.6. The van der Waals surface area contributed by atoms with Crippen LogP contribution in [0.2, 0.25) is 0 Å². The van der Waals surface area contributed by atoms with E-state index in [0.29, 0.717) is 19.3 Å². The van der Waals surface area contributed by atoms with E-state index in [9.17, 15) is 0 Å². The van der Waals surface area contributed by atoms with Gasteiger partial charge < -0.3 is 0 Å². The summed E-state index contributed by atoms with van der Waals surface area (Å²) in [6.07, 6.45) is 59.2. The van der Waals surface area contributed by atoms with E-state index in [2.05, 4.69) is 20.8 Å². The molecule has 0 radical (unpaired) electrons. The predicted octanol–water partition coefficient (Wildman–Crippen LogP) is 25.9. The minimum Gasteiger partial charge on any atom is -0.220 e. The van der Waals surface area contributed by atoms with E-state index >= 15 is 4.57 Å². The molecule has 8 heteroatoms. The third-order valence-corrected chi connectivity index (χ3v) is 17.3. The standard InChI is InChI=1S/C72H123O7P/c1-4-7-10-13-16-19-22-25-28-31-34-37-40-43-55-64-70(67-58-49-46-50-59-67)74-77-80(73,78-75-71(68-60-51-47-52-61-68)65-56-44-41-38-35-32-29-26-23-20-17-14-11-8-5-2)79-76-72(69-62-53-48-54-63-69)66-57-45-42-39-36-33-30-27-24-21-18-15-12-9-6-3/h46-54,58-63,70-72H,4-45,55-57,64-66H2,1-3H3. The second-order valence-electron chi connectivity index (χ2n) is 23.9.